The molecule has 0 saturated heterocycles. The van der Waals surface area contributed by atoms with Crippen LogP contribution >= 0.6 is 0 Å². The van der Waals surface area contributed by atoms with Gasteiger partial charge in [0.15, 0.2) is 0 Å². The average molecular weight is 249 g/mol. The number of carboxylic acids is 1. The highest BCUT2D eigenvalue weighted by Gasteiger charge is 2.25. The number of carbonyl (C=O) groups excluding carboxylic acids is 1. The predicted molar refractivity (Wildman–Crippen MR) is 69.0 cm³/mol. The predicted octanol–water partition coefficient (Wildman–Crippen LogP) is 1.97. The zero-order valence-electron chi connectivity index (χ0n) is 10.9. The van der Waals surface area contributed by atoms with Crippen LogP contribution in [0.1, 0.15) is 25.0 Å². The number of amides is 1. The minimum Gasteiger partial charge on any atom is -0.481 e. The van der Waals surface area contributed by atoms with Crippen molar-refractivity contribution in [1.82, 2.24) is 5.32 Å². The van der Waals surface area contributed by atoms with Gasteiger partial charge in [0.25, 0.3) is 0 Å². The molecule has 2 unspecified atom stereocenters. The summed E-state index contributed by atoms with van der Waals surface area (Å²) in [6.45, 7) is 5.58. The van der Waals surface area contributed by atoms with Crippen LogP contribution in [0.25, 0.3) is 0 Å². The van der Waals surface area contributed by atoms with Gasteiger partial charge in [0.2, 0.25) is 5.91 Å². The fourth-order valence-corrected chi connectivity index (χ4v) is 1.61. The first-order chi connectivity index (χ1) is 8.41. The number of rotatable bonds is 5. The Morgan fingerprint density at radius 2 is 1.94 bits per heavy atom. The zero-order chi connectivity index (χ0) is 13.7. The van der Waals surface area contributed by atoms with Gasteiger partial charge in [-0.05, 0) is 12.5 Å². The molecule has 4 nitrogen and oxygen atoms in total. The van der Waals surface area contributed by atoms with E-state index < -0.39 is 17.8 Å². The molecular formula is C14H19NO3. The third kappa shape index (κ3) is 3.87. The SMILES string of the molecule is Cc1cccc(CNC(=O)C(C)C(C)C(=O)O)c1. The summed E-state index contributed by atoms with van der Waals surface area (Å²) in [7, 11) is 0. The number of benzene rings is 1. The van der Waals surface area contributed by atoms with E-state index in [1.54, 1.807) is 13.8 Å². The molecule has 4 heteroatoms. The summed E-state index contributed by atoms with van der Waals surface area (Å²) < 4.78 is 0. The second kappa shape index (κ2) is 6.19. The van der Waals surface area contributed by atoms with Gasteiger partial charge in [-0.3, -0.25) is 9.59 Å². The number of aryl methyl sites for hydroxylation is 1. The monoisotopic (exact) mass is 249 g/mol. The number of carboxylic acid groups (broad SMARTS) is 1. The van der Waals surface area contributed by atoms with Gasteiger partial charge in [-0.15, -0.1) is 0 Å². The van der Waals surface area contributed by atoms with E-state index in [1.165, 1.54) is 0 Å². The molecule has 0 bridgehead atoms. The molecule has 0 aliphatic carbocycles. The van der Waals surface area contributed by atoms with Gasteiger partial charge in [0.1, 0.15) is 0 Å². The van der Waals surface area contributed by atoms with Crippen LogP contribution in [0.15, 0.2) is 24.3 Å². The largest absolute Gasteiger partial charge is 0.481 e. The van der Waals surface area contributed by atoms with Crippen molar-refractivity contribution < 1.29 is 14.7 Å². The first-order valence-electron chi connectivity index (χ1n) is 5.98. The van der Waals surface area contributed by atoms with E-state index >= 15 is 0 Å². The Labute approximate surface area is 107 Å². The average Bonchev–Trinajstić information content (AvgIpc) is 2.34. The molecule has 1 aromatic rings. The van der Waals surface area contributed by atoms with Crippen LogP contribution in [-0.2, 0) is 16.1 Å². The molecule has 0 spiro atoms. The molecule has 2 atom stereocenters. The van der Waals surface area contributed by atoms with Crippen molar-refractivity contribution in [2.75, 3.05) is 0 Å². The van der Waals surface area contributed by atoms with E-state index in [4.69, 9.17) is 5.11 Å². The summed E-state index contributed by atoms with van der Waals surface area (Å²) in [5, 5.41) is 11.6. The summed E-state index contributed by atoms with van der Waals surface area (Å²) in [6.07, 6.45) is 0. The third-order valence-electron chi connectivity index (χ3n) is 3.10. The van der Waals surface area contributed by atoms with E-state index in [1.807, 2.05) is 31.2 Å². The van der Waals surface area contributed by atoms with E-state index in [0.29, 0.717) is 6.54 Å². The standard InChI is InChI=1S/C14H19NO3/c1-9-5-4-6-12(7-9)8-15-13(16)10(2)11(3)14(17)18/h4-7,10-11H,8H2,1-3H3,(H,15,16)(H,17,18). The van der Waals surface area contributed by atoms with E-state index in [-0.39, 0.29) is 5.91 Å². The van der Waals surface area contributed by atoms with Gasteiger partial charge in [-0.25, -0.2) is 0 Å². The normalized spacial score (nSPS) is 13.7. The molecule has 0 heterocycles. The molecule has 0 aliphatic rings. The smallest absolute Gasteiger partial charge is 0.307 e. The van der Waals surface area contributed by atoms with Crippen molar-refractivity contribution in [3.63, 3.8) is 0 Å². The summed E-state index contributed by atoms with van der Waals surface area (Å²) >= 11 is 0. The van der Waals surface area contributed by atoms with Gasteiger partial charge in [0, 0.05) is 12.5 Å². The molecule has 18 heavy (non-hydrogen) atoms. The Kier molecular flexibility index (Phi) is 4.89. The highest BCUT2D eigenvalue weighted by molar-refractivity contribution is 5.84. The van der Waals surface area contributed by atoms with Crippen molar-refractivity contribution in [2.24, 2.45) is 11.8 Å². The minimum absolute atomic E-state index is 0.230. The topological polar surface area (TPSA) is 66.4 Å². The van der Waals surface area contributed by atoms with Gasteiger partial charge in [0.05, 0.1) is 5.92 Å². The van der Waals surface area contributed by atoms with Crippen molar-refractivity contribution in [1.29, 1.82) is 0 Å². The van der Waals surface area contributed by atoms with Gasteiger partial charge in [-0.1, -0.05) is 43.7 Å². The van der Waals surface area contributed by atoms with Gasteiger partial charge in [-0.2, -0.15) is 0 Å². The lowest BCUT2D eigenvalue weighted by molar-refractivity contribution is -0.146. The Hall–Kier alpha value is -1.84. The second-order valence-electron chi connectivity index (χ2n) is 4.62. The number of carbonyl (C=O) groups is 2. The number of hydrogen-bond donors (Lipinski definition) is 2. The summed E-state index contributed by atoms with van der Waals surface area (Å²) in [6, 6.07) is 7.84. The lowest BCUT2D eigenvalue weighted by Gasteiger charge is -2.15. The minimum atomic E-state index is -0.951. The maximum Gasteiger partial charge on any atom is 0.307 e. The van der Waals surface area contributed by atoms with Crippen molar-refractivity contribution >= 4 is 11.9 Å². The van der Waals surface area contributed by atoms with Crippen LogP contribution in [0.2, 0.25) is 0 Å². The molecule has 2 N–H and O–H groups in total. The Morgan fingerprint density at radius 1 is 1.28 bits per heavy atom. The molecule has 0 radical (unpaired) electrons. The van der Waals surface area contributed by atoms with E-state index in [0.717, 1.165) is 11.1 Å². The van der Waals surface area contributed by atoms with Crippen LogP contribution in [-0.4, -0.2) is 17.0 Å². The Morgan fingerprint density at radius 3 is 2.50 bits per heavy atom. The first kappa shape index (κ1) is 14.2. The maximum absolute atomic E-state index is 11.8. The number of aliphatic carboxylic acids is 1. The lowest BCUT2D eigenvalue weighted by atomic mass is 9.95. The molecule has 0 aliphatic heterocycles. The lowest BCUT2D eigenvalue weighted by Crippen LogP contribution is -2.34. The van der Waals surface area contributed by atoms with Crippen LogP contribution < -0.4 is 5.32 Å². The van der Waals surface area contributed by atoms with Crippen LogP contribution in [0, 0.1) is 18.8 Å². The fourth-order valence-electron chi connectivity index (χ4n) is 1.61. The van der Waals surface area contributed by atoms with Crippen LogP contribution in [0.5, 0.6) is 0 Å². The van der Waals surface area contributed by atoms with E-state index in [9.17, 15) is 9.59 Å². The molecule has 1 amide bonds. The second-order valence-corrected chi connectivity index (χ2v) is 4.62. The third-order valence-corrected chi connectivity index (χ3v) is 3.10. The van der Waals surface area contributed by atoms with Crippen molar-refractivity contribution in [2.45, 2.75) is 27.3 Å². The summed E-state index contributed by atoms with van der Waals surface area (Å²) in [4.78, 5) is 22.6. The van der Waals surface area contributed by atoms with Crippen molar-refractivity contribution in [3.8, 4) is 0 Å². The van der Waals surface area contributed by atoms with Gasteiger partial charge < -0.3 is 10.4 Å². The van der Waals surface area contributed by atoms with Crippen LogP contribution in [0.3, 0.4) is 0 Å². The molecule has 1 aromatic carbocycles. The quantitative estimate of drug-likeness (QED) is 0.838. The highest BCUT2D eigenvalue weighted by Crippen LogP contribution is 2.11. The number of nitrogens with one attached hydrogen (secondary N) is 1. The highest BCUT2D eigenvalue weighted by atomic mass is 16.4. The molecule has 0 aromatic heterocycles. The molecular weight excluding hydrogens is 230 g/mol. The molecule has 1 rings (SSSR count). The van der Waals surface area contributed by atoms with E-state index in [2.05, 4.69) is 5.32 Å². The zero-order valence-corrected chi connectivity index (χ0v) is 10.9. The van der Waals surface area contributed by atoms with Crippen molar-refractivity contribution in [3.05, 3.63) is 35.4 Å². The maximum atomic E-state index is 11.8. The molecule has 0 fully saturated rings. The Balaban J connectivity index is 2.53. The first-order valence-corrected chi connectivity index (χ1v) is 5.98. The Bertz CT molecular complexity index is 442. The van der Waals surface area contributed by atoms with Crippen LogP contribution in [0.4, 0.5) is 0 Å². The molecule has 0 saturated carbocycles. The fraction of sp³-hybridized carbons (Fsp3) is 0.429. The van der Waals surface area contributed by atoms with Gasteiger partial charge >= 0.3 is 5.97 Å². The summed E-state index contributed by atoms with van der Waals surface area (Å²) in [5.74, 6) is -2.39. The molecule has 98 valence electrons. The summed E-state index contributed by atoms with van der Waals surface area (Å²) in [5.41, 5.74) is 2.15. The number of hydrogen-bond acceptors (Lipinski definition) is 2.